The van der Waals surface area contributed by atoms with Crippen molar-refractivity contribution in [2.24, 2.45) is 11.8 Å². The summed E-state index contributed by atoms with van der Waals surface area (Å²) in [4.78, 5) is 0. The summed E-state index contributed by atoms with van der Waals surface area (Å²) in [7, 11) is 0. The Morgan fingerprint density at radius 1 is 1.29 bits per heavy atom. The quantitative estimate of drug-likeness (QED) is 0.849. The topological polar surface area (TPSA) is 54.7 Å². The number of aromatic nitrogens is 1. The lowest BCUT2D eigenvalue weighted by Gasteiger charge is -2.14. The lowest BCUT2D eigenvalue weighted by molar-refractivity contribution is 0.495. The van der Waals surface area contributed by atoms with Gasteiger partial charge in [0.25, 0.3) is 0 Å². The number of anilines is 1. The molecule has 0 aromatic carbocycles. The molecular formula is C14H23N3. The van der Waals surface area contributed by atoms with Crippen molar-refractivity contribution in [3.63, 3.8) is 0 Å². The molecular weight excluding hydrogens is 210 g/mol. The first-order chi connectivity index (χ1) is 7.95. The molecule has 0 aliphatic carbocycles. The zero-order valence-electron chi connectivity index (χ0n) is 11.3. The number of rotatable bonds is 5. The lowest BCUT2D eigenvalue weighted by Crippen LogP contribution is -2.11. The lowest BCUT2D eigenvalue weighted by atomic mass is 10.1. The van der Waals surface area contributed by atoms with E-state index in [1.807, 2.05) is 0 Å². The first kappa shape index (κ1) is 13.6. The highest BCUT2D eigenvalue weighted by molar-refractivity contribution is 5.50. The molecule has 0 aliphatic rings. The van der Waals surface area contributed by atoms with E-state index in [9.17, 15) is 0 Å². The summed E-state index contributed by atoms with van der Waals surface area (Å²) in [5.74, 6) is 1.18. The second kappa shape index (κ2) is 5.77. The van der Waals surface area contributed by atoms with Crippen LogP contribution in [0.15, 0.2) is 6.07 Å². The van der Waals surface area contributed by atoms with E-state index in [0.29, 0.717) is 17.5 Å². The fourth-order valence-electron chi connectivity index (χ4n) is 1.98. The average molecular weight is 233 g/mol. The molecule has 0 fully saturated rings. The van der Waals surface area contributed by atoms with E-state index in [1.165, 1.54) is 0 Å². The van der Waals surface area contributed by atoms with Gasteiger partial charge in [0.1, 0.15) is 11.8 Å². The van der Waals surface area contributed by atoms with E-state index >= 15 is 0 Å². The van der Waals surface area contributed by atoms with Crippen LogP contribution in [-0.2, 0) is 13.0 Å². The molecule has 3 nitrogen and oxygen atoms in total. The second-order valence-corrected chi connectivity index (χ2v) is 5.48. The molecule has 0 bridgehead atoms. The molecule has 17 heavy (non-hydrogen) atoms. The zero-order valence-corrected chi connectivity index (χ0v) is 11.3. The van der Waals surface area contributed by atoms with E-state index in [0.717, 1.165) is 30.8 Å². The third-order valence-electron chi connectivity index (χ3n) is 2.86. The first-order valence-corrected chi connectivity index (χ1v) is 6.33. The molecule has 0 radical (unpaired) electrons. The Kier molecular flexibility index (Phi) is 4.62. The first-order valence-electron chi connectivity index (χ1n) is 6.33. The van der Waals surface area contributed by atoms with Crippen molar-refractivity contribution in [1.82, 2.24) is 4.57 Å². The van der Waals surface area contributed by atoms with E-state index in [2.05, 4.69) is 38.3 Å². The predicted molar refractivity (Wildman–Crippen MR) is 71.6 cm³/mol. The van der Waals surface area contributed by atoms with Gasteiger partial charge in [-0.3, -0.25) is 0 Å². The van der Waals surface area contributed by atoms with Gasteiger partial charge in [0.15, 0.2) is 0 Å². The van der Waals surface area contributed by atoms with Gasteiger partial charge in [-0.25, -0.2) is 0 Å². The predicted octanol–water partition coefficient (Wildman–Crippen LogP) is 3.19. The minimum Gasteiger partial charge on any atom is -0.397 e. The van der Waals surface area contributed by atoms with Gasteiger partial charge in [-0.15, -0.1) is 0 Å². The Balaban J connectivity index is 3.00. The van der Waals surface area contributed by atoms with Gasteiger partial charge in [-0.05, 0) is 30.7 Å². The molecule has 1 aromatic heterocycles. The molecule has 0 amide bonds. The van der Waals surface area contributed by atoms with Gasteiger partial charge in [-0.2, -0.15) is 5.26 Å². The molecule has 0 saturated carbocycles. The van der Waals surface area contributed by atoms with Gasteiger partial charge < -0.3 is 10.3 Å². The molecule has 2 N–H and O–H groups in total. The smallest absolute Gasteiger partial charge is 0.122 e. The van der Waals surface area contributed by atoms with Crippen LogP contribution in [0.5, 0.6) is 0 Å². The number of nitrogens with zero attached hydrogens (tertiary/aromatic N) is 2. The van der Waals surface area contributed by atoms with Crippen LogP contribution in [0.2, 0.25) is 0 Å². The molecule has 1 heterocycles. The van der Waals surface area contributed by atoms with Crippen molar-refractivity contribution in [3.8, 4) is 6.07 Å². The molecule has 0 unspecified atom stereocenters. The molecule has 94 valence electrons. The highest BCUT2D eigenvalue weighted by Crippen LogP contribution is 2.22. The Bertz CT molecular complexity index is 408. The van der Waals surface area contributed by atoms with Gasteiger partial charge in [0.2, 0.25) is 0 Å². The van der Waals surface area contributed by atoms with Gasteiger partial charge in [0.05, 0.1) is 5.69 Å². The van der Waals surface area contributed by atoms with Crippen molar-refractivity contribution >= 4 is 5.69 Å². The van der Waals surface area contributed by atoms with Crippen molar-refractivity contribution in [2.45, 2.75) is 47.1 Å². The van der Waals surface area contributed by atoms with E-state index in [4.69, 9.17) is 11.0 Å². The van der Waals surface area contributed by atoms with Crippen LogP contribution in [0.1, 0.15) is 45.5 Å². The normalized spacial score (nSPS) is 11.1. The Labute approximate surface area is 104 Å². The zero-order chi connectivity index (χ0) is 13.0. The van der Waals surface area contributed by atoms with Crippen molar-refractivity contribution < 1.29 is 0 Å². The van der Waals surface area contributed by atoms with Crippen molar-refractivity contribution in [2.75, 3.05) is 5.73 Å². The third kappa shape index (κ3) is 3.52. The largest absolute Gasteiger partial charge is 0.397 e. The molecule has 1 aromatic rings. The van der Waals surface area contributed by atoms with Crippen LogP contribution >= 0.6 is 0 Å². The summed E-state index contributed by atoms with van der Waals surface area (Å²) in [6, 6.07) is 4.04. The maximum atomic E-state index is 9.12. The third-order valence-corrected chi connectivity index (χ3v) is 2.86. The maximum Gasteiger partial charge on any atom is 0.122 e. The fourth-order valence-corrected chi connectivity index (χ4v) is 1.98. The van der Waals surface area contributed by atoms with E-state index in [1.54, 1.807) is 6.07 Å². The highest BCUT2D eigenvalue weighted by Gasteiger charge is 2.14. The van der Waals surface area contributed by atoms with E-state index < -0.39 is 0 Å². The number of hydrogen-bond acceptors (Lipinski definition) is 2. The molecule has 0 saturated heterocycles. The number of nitriles is 1. The maximum absolute atomic E-state index is 9.12. The Morgan fingerprint density at radius 2 is 1.94 bits per heavy atom. The minimum absolute atomic E-state index is 0.520. The summed E-state index contributed by atoms with van der Waals surface area (Å²) < 4.78 is 2.09. The second-order valence-electron chi connectivity index (χ2n) is 5.48. The van der Waals surface area contributed by atoms with E-state index in [-0.39, 0.29) is 0 Å². The Morgan fingerprint density at radius 3 is 2.41 bits per heavy atom. The van der Waals surface area contributed by atoms with Gasteiger partial charge >= 0.3 is 0 Å². The molecule has 3 heteroatoms. The molecule has 0 spiro atoms. The van der Waals surface area contributed by atoms with Crippen molar-refractivity contribution in [1.29, 1.82) is 5.26 Å². The standard InChI is InChI=1S/C14H23N3/c1-10(2)5-6-14-13(16)7-12(8-15)17(14)9-11(3)4/h7,10-11H,5-6,9,16H2,1-4H3. The summed E-state index contributed by atoms with van der Waals surface area (Å²) in [6.45, 7) is 9.59. The number of nitrogens with two attached hydrogens (primary N) is 1. The summed E-state index contributed by atoms with van der Waals surface area (Å²) in [5, 5.41) is 9.12. The number of nitrogen functional groups attached to an aromatic ring is 1. The fraction of sp³-hybridized carbons (Fsp3) is 0.643. The van der Waals surface area contributed by atoms with Crippen LogP contribution < -0.4 is 5.73 Å². The molecule has 0 atom stereocenters. The van der Waals surface area contributed by atoms with Gasteiger partial charge in [0, 0.05) is 12.2 Å². The number of hydrogen-bond donors (Lipinski definition) is 1. The van der Waals surface area contributed by atoms with Crippen LogP contribution in [0.4, 0.5) is 5.69 Å². The molecule has 0 aliphatic heterocycles. The monoisotopic (exact) mass is 233 g/mol. The summed E-state index contributed by atoms with van der Waals surface area (Å²) in [5.41, 5.74) is 8.59. The van der Waals surface area contributed by atoms with Crippen molar-refractivity contribution in [3.05, 3.63) is 17.5 Å². The Hall–Kier alpha value is -1.43. The van der Waals surface area contributed by atoms with Crippen LogP contribution in [-0.4, -0.2) is 4.57 Å². The van der Waals surface area contributed by atoms with Crippen LogP contribution in [0.3, 0.4) is 0 Å². The average Bonchev–Trinajstić information content (AvgIpc) is 2.51. The van der Waals surface area contributed by atoms with Crippen LogP contribution in [0, 0.1) is 23.2 Å². The summed E-state index contributed by atoms with van der Waals surface area (Å²) >= 11 is 0. The molecule has 1 rings (SSSR count). The van der Waals surface area contributed by atoms with Gasteiger partial charge in [-0.1, -0.05) is 27.7 Å². The highest BCUT2D eigenvalue weighted by atomic mass is 15.0. The van der Waals surface area contributed by atoms with Crippen LogP contribution in [0.25, 0.3) is 0 Å². The minimum atomic E-state index is 0.520. The SMILES string of the molecule is CC(C)CCc1c(N)cc(C#N)n1CC(C)C. The summed E-state index contributed by atoms with van der Waals surface area (Å²) in [6.07, 6.45) is 2.06.